The molecule has 18 heavy (non-hydrogen) atoms. The molecule has 1 unspecified atom stereocenters. The van der Waals surface area contributed by atoms with Gasteiger partial charge >= 0.3 is 0 Å². The zero-order chi connectivity index (χ0) is 13.1. The van der Waals surface area contributed by atoms with Crippen molar-refractivity contribution in [2.45, 2.75) is 26.4 Å². The maximum Gasteiger partial charge on any atom is 0.274 e. The lowest BCUT2D eigenvalue weighted by Crippen LogP contribution is -2.28. The molecule has 1 amide bonds. The number of H-pyrrole nitrogens is 1. The highest BCUT2D eigenvalue weighted by Gasteiger charge is 2.18. The molecular weight excluding hydrogens is 232 g/mol. The van der Waals surface area contributed by atoms with Crippen molar-refractivity contribution in [3.05, 3.63) is 30.1 Å². The molecule has 2 heterocycles. The van der Waals surface area contributed by atoms with Crippen LogP contribution in [0.2, 0.25) is 0 Å². The Bertz CT molecular complexity index is 530. The zero-order valence-electron chi connectivity index (χ0n) is 10.3. The number of anilines is 1. The smallest absolute Gasteiger partial charge is 0.274 e. The summed E-state index contributed by atoms with van der Waals surface area (Å²) < 4.78 is 1.63. The van der Waals surface area contributed by atoms with Crippen molar-refractivity contribution in [2.75, 3.05) is 5.73 Å². The molecule has 0 radical (unpaired) electrons. The van der Waals surface area contributed by atoms with Crippen molar-refractivity contribution in [2.24, 2.45) is 0 Å². The summed E-state index contributed by atoms with van der Waals surface area (Å²) in [5, 5.41) is 6.90. The van der Waals surface area contributed by atoms with Gasteiger partial charge in [0.05, 0.1) is 11.7 Å². The summed E-state index contributed by atoms with van der Waals surface area (Å²) in [5.41, 5.74) is 6.37. The van der Waals surface area contributed by atoms with Crippen LogP contribution in [0.1, 0.15) is 36.2 Å². The van der Waals surface area contributed by atoms with Crippen LogP contribution in [0, 0.1) is 0 Å². The maximum absolute atomic E-state index is 12.0. The monoisotopic (exact) mass is 248 g/mol. The van der Waals surface area contributed by atoms with Crippen LogP contribution in [0.5, 0.6) is 0 Å². The largest absolute Gasteiger partial charge is 0.396 e. The van der Waals surface area contributed by atoms with Gasteiger partial charge in [-0.25, -0.2) is 4.98 Å². The van der Waals surface area contributed by atoms with E-state index in [1.165, 1.54) is 0 Å². The van der Waals surface area contributed by atoms with Gasteiger partial charge in [0.15, 0.2) is 5.69 Å². The molecule has 2 rings (SSSR count). The Kier molecular flexibility index (Phi) is 3.31. The molecule has 1 atom stereocenters. The van der Waals surface area contributed by atoms with Crippen molar-refractivity contribution in [1.29, 1.82) is 0 Å². The third kappa shape index (κ3) is 2.34. The third-order valence-electron chi connectivity index (χ3n) is 2.61. The molecule has 4 N–H and O–H groups in total. The number of nitrogens with one attached hydrogen (secondary N) is 2. The van der Waals surface area contributed by atoms with E-state index in [4.69, 9.17) is 5.73 Å². The highest BCUT2D eigenvalue weighted by atomic mass is 16.2. The SMILES string of the molecule is CCn1cc(N)c(C(=O)NC(C)c2ncc[nH]2)n1. The quantitative estimate of drug-likeness (QED) is 0.741. The predicted octanol–water partition coefficient (Wildman–Crippen LogP) is 0.699. The van der Waals surface area contributed by atoms with Crippen LogP contribution in [0.25, 0.3) is 0 Å². The molecule has 0 aliphatic rings. The van der Waals surface area contributed by atoms with Gasteiger partial charge < -0.3 is 16.0 Å². The van der Waals surface area contributed by atoms with E-state index in [-0.39, 0.29) is 17.6 Å². The minimum Gasteiger partial charge on any atom is -0.396 e. The number of nitrogen functional groups attached to an aromatic ring is 1. The first-order valence-electron chi connectivity index (χ1n) is 5.75. The van der Waals surface area contributed by atoms with Crippen LogP contribution in [0.3, 0.4) is 0 Å². The molecule has 0 fully saturated rings. The first-order valence-corrected chi connectivity index (χ1v) is 5.75. The molecule has 0 bridgehead atoms. The molecule has 2 aromatic rings. The molecule has 0 spiro atoms. The average molecular weight is 248 g/mol. The molecule has 7 heteroatoms. The summed E-state index contributed by atoms with van der Waals surface area (Å²) in [6, 6.07) is -0.223. The number of rotatable bonds is 4. The minimum atomic E-state index is -0.302. The fourth-order valence-corrected chi connectivity index (χ4v) is 1.62. The van der Waals surface area contributed by atoms with Gasteiger partial charge in [-0.3, -0.25) is 9.48 Å². The summed E-state index contributed by atoms with van der Waals surface area (Å²) in [6.07, 6.45) is 4.99. The minimum absolute atomic E-state index is 0.223. The van der Waals surface area contributed by atoms with Gasteiger partial charge in [-0.05, 0) is 13.8 Å². The molecule has 96 valence electrons. The summed E-state index contributed by atoms with van der Waals surface area (Å²) in [6.45, 7) is 4.44. The summed E-state index contributed by atoms with van der Waals surface area (Å²) in [5.74, 6) is 0.389. The molecule has 0 aliphatic heterocycles. The Morgan fingerprint density at radius 1 is 1.67 bits per heavy atom. The lowest BCUT2D eigenvalue weighted by molar-refractivity contribution is 0.0933. The topological polar surface area (TPSA) is 102 Å². The maximum atomic E-state index is 12.0. The second kappa shape index (κ2) is 4.91. The standard InChI is InChI=1S/C11H16N6O/c1-3-17-6-8(12)9(16-17)11(18)15-7(2)10-13-4-5-14-10/h4-7H,3,12H2,1-2H3,(H,13,14)(H,15,18). The zero-order valence-corrected chi connectivity index (χ0v) is 10.3. The Morgan fingerprint density at radius 2 is 2.44 bits per heavy atom. The van der Waals surface area contributed by atoms with Crippen molar-refractivity contribution in [3.8, 4) is 0 Å². The number of aryl methyl sites for hydroxylation is 1. The Balaban J connectivity index is 2.09. The fourth-order valence-electron chi connectivity index (χ4n) is 1.62. The first kappa shape index (κ1) is 12.2. The van der Waals surface area contributed by atoms with Crippen molar-refractivity contribution in [3.63, 3.8) is 0 Å². The second-order valence-electron chi connectivity index (χ2n) is 3.96. The van der Waals surface area contributed by atoms with Crippen molar-refractivity contribution in [1.82, 2.24) is 25.1 Å². The number of carbonyl (C=O) groups excluding carboxylic acids is 1. The Hall–Kier alpha value is -2.31. The van der Waals surface area contributed by atoms with Gasteiger partial charge in [-0.1, -0.05) is 0 Å². The van der Waals surface area contributed by atoms with E-state index in [1.807, 2.05) is 13.8 Å². The van der Waals surface area contributed by atoms with Crippen LogP contribution in [0.15, 0.2) is 18.6 Å². The molecule has 0 aromatic carbocycles. The van der Waals surface area contributed by atoms with E-state index in [9.17, 15) is 4.79 Å². The fraction of sp³-hybridized carbons (Fsp3) is 0.364. The van der Waals surface area contributed by atoms with E-state index in [0.717, 1.165) is 0 Å². The van der Waals surface area contributed by atoms with Crippen LogP contribution in [-0.4, -0.2) is 25.7 Å². The third-order valence-corrected chi connectivity index (χ3v) is 2.61. The van der Waals surface area contributed by atoms with Crippen molar-refractivity contribution >= 4 is 11.6 Å². The Labute approximate surface area is 104 Å². The Morgan fingerprint density at radius 3 is 3.00 bits per heavy atom. The van der Waals surface area contributed by atoms with Gasteiger partial charge in [-0.15, -0.1) is 0 Å². The van der Waals surface area contributed by atoms with E-state index >= 15 is 0 Å². The highest BCUT2D eigenvalue weighted by Crippen LogP contribution is 2.12. The first-order chi connectivity index (χ1) is 8.61. The lowest BCUT2D eigenvalue weighted by Gasteiger charge is -2.10. The van der Waals surface area contributed by atoms with Gasteiger partial charge in [0.1, 0.15) is 5.82 Å². The summed E-state index contributed by atoms with van der Waals surface area (Å²) in [4.78, 5) is 19.0. The summed E-state index contributed by atoms with van der Waals surface area (Å²) in [7, 11) is 0. The number of nitrogens with two attached hydrogens (primary N) is 1. The number of carbonyl (C=O) groups is 1. The van der Waals surface area contributed by atoms with Crippen LogP contribution >= 0.6 is 0 Å². The second-order valence-corrected chi connectivity index (χ2v) is 3.96. The number of aromatic amines is 1. The number of aromatic nitrogens is 4. The normalized spacial score (nSPS) is 12.3. The van der Waals surface area contributed by atoms with E-state index in [1.54, 1.807) is 23.3 Å². The number of hydrogen-bond acceptors (Lipinski definition) is 4. The van der Waals surface area contributed by atoms with Gasteiger partial charge in [0.25, 0.3) is 5.91 Å². The van der Waals surface area contributed by atoms with Crippen molar-refractivity contribution < 1.29 is 4.79 Å². The van der Waals surface area contributed by atoms with Crippen LogP contribution in [-0.2, 0) is 6.54 Å². The molecule has 0 aliphatic carbocycles. The number of amides is 1. The van der Waals surface area contributed by atoms with E-state index in [0.29, 0.717) is 18.1 Å². The molecule has 2 aromatic heterocycles. The summed E-state index contributed by atoms with van der Waals surface area (Å²) >= 11 is 0. The highest BCUT2D eigenvalue weighted by molar-refractivity contribution is 5.97. The number of nitrogens with zero attached hydrogens (tertiary/aromatic N) is 3. The van der Waals surface area contributed by atoms with E-state index < -0.39 is 0 Å². The molecule has 7 nitrogen and oxygen atoms in total. The molecule has 0 saturated carbocycles. The van der Waals surface area contributed by atoms with Gasteiger partial charge in [0, 0.05) is 25.1 Å². The lowest BCUT2D eigenvalue weighted by atomic mass is 10.3. The van der Waals surface area contributed by atoms with Crippen LogP contribution < -0.4 is 11.1 Å². The molecule has 0 saturated heterocycles. The number of imidazole rings is 1. The number of hydrogen-bond donors (Lipinski definition) is 3. The average Bonchev–Trinajstić information content (AvgIpc) is 2.97. The predicted molar refractivity (Wildman–Crippen MR) is 66.8 cm³/mol. The van der Waals surface area contributed by atoms with Gasteiger partial charge in [0.2, 0.25) is 0 Å². The van der Waals surface area contributed by atoms with Gasteiger partial charge in [-0.2, -0.15) is 5.10 Å². The molecular formula is C11H16N6O. The van der Waals surface area contributed by atoms with E-state index in [2.05, 4.69) is 20.4 Å². The van der Waals surface area contributed by atoms with Crippen LogP contribution in [0.4, 0.5) is 5.69 Å².